The first-order valence-corrected chi connectivity index (χ1v) is 7.15. The Kier molecular flexibility index (Phi) is 3.89. The molecule has 1 aromatic heterocycles. The summed E-state index contributed by atoms with van der Waals surface area (Å²) >= 11 is 1.96. The molecule has 0 saturated carbocycles. The third kappa shape index (κ3) is 2.90. The average molecular weight is 252 g/mol. The van der Waals surface area contributed by atoms with E-state index in [9.17, 15) is 0 Å². The molecule has 1 aliphatic rings. The highest BCUT2D eigenvalue weighted by molar-refractivity contribution is 7.99. The van der Waals surface area contributed by atoms with Crippen molar-refractivity contribution in [2.24, 2.45) is 0 Å². The van der Waals surface area contributed by atoms with Crippen molar-refractivity contribution in [3.63, 3.8) is 0 Å². The van der Waals surface area contributed by atoms with E-state index in [1.807, 2.05) is 17.8 Å². The second kappa shape index (κ2) is 5.23. The molecule has 5 heteroatoms. The monoisotopic (exact) mass is 252 g/mol. The molecule has 17 heavy (non-hydrogen) atoms. The summed E-state index contributed by atoms with van der Waals surface area (Å²) in [5.74, 6) is 4.09. The van der Waals surface area contributed by atoms with Gasteiger partial charge in [0, 0.05) is 29.8 Å². The normalized spacial score (nSPS) is 22.0. The number of aromatic nitrogens is 2. The molecule has 0 bridgehead atoms. The summed E-state index contributed by atoms with van der Waals surface area (Å²) in [7, 11) is 2.13. The molecule has 1 fully saturated rings. The Morgan fingerprint density at radius 3 is 2.88 bits per heavy atom. The van der Waals surface area contributed by atoms with Crippen molar-refractivity contribution >= 4 is 17.6 Å². The third-order valence-corrected chi connectivity index (χ3v) is 4.09. The van der Waals surface area contributed by atoms with Crippen molar-refractivity contribution < 1.29 is 0 Å². The van der Waals surface area contributed by atoms with Gasteiger partial charge in [-0.25, -0.2) is 9.97 Å². The summed E-state index contributed by atoms with van der Waals surface area (Å²) in [6.07, 6.45) is 0. The highest BCUT2D eigenvalue weighted by atomic mass is 32.2. The Bertz CT molecular complexity index is 394. The van der Waals surface area contributed by atoms with Gasteiger partial charge in [-0.3, -0.25) is 4.90 Å². The van der Waals surface area contributed by atoms with Crippen LogP contribution in [0.4, 0.5) is 5.82 Å². The highest BCUT2D eigenvalue weighted by Crippen LogP contribution is 2.27. The quantitative estimate of drug-likeness (QED) is 0.871. The van der Waals surface area contributed by atoms with Gasteiger partial charge in [0.15, 0.2) is 0 Å². The molecule has 1 aromatic rings. The first kappa shape index (κ1) is 12.6. The van der Waals surface area contributed by atoms with E-state index in [-0.39, 0.29) is 0 Å². The van der Waals surface area contributed by atoms with Crippen LogP contribution in [0.1, 0.15) is 37.3 Å². The number of thioether (sulfide) groups is 1. The number of hydrogen-bond acceptors (Lipinski definition) is 5. The molecule has 1 aliphatic heterocycles. The smallest absolute Gasteiger partial charge is 0.148 e. The predicted octanol–water partition coefficient (Wildman–Crippen LogP) is 1.90. The van der Waals surface area contributed by atoms with E-state index in [4.69, 9.17) is 5.73 Å². The molecule has 1 unspecified atom stereocenters. The number of anilines is 1. The van der Waals surface area contributed by atoms with Gasteiger partial charge in [0.25, 0.3) is 0 Å². The van der Waals surface area contributed by atoms with Gasteiger partial charge in [0.05, 0.1) is 6.04 Å². The lowest BCUT2D eigenvalue weighted by Crippen LogP contribution is -2.34. The number of hydrogen-bond donors (Lipinski definition) is 1. The fourth-order valence-electron chi connectivity index (χ4n) is 1.91. The van der Waals surface area contributed by atoms with E-state index in [2.05, 4.69) is 35.8 Å². The Balaban J connectivity index is 2.30. The van der Waals surface area contributed by atoms with Gasteiger partial charge in [-0.1, -0.05) is 13.8 Å². The molecule has 94 valence electrons. The van der Waals surface area contributed by atoms with Crippen molar-refractivity contribution in [2.75, 3.05) is 30.8 Å². The first-order valence-electron chi connectivity index (χ1n) is 6.00. The SMILES string of the molecule is CC(C)c1cc(N)nc(C2CSCCN2C)n1. The second-order valence-electron chi connectivity index (χ2n) is 4.80. The molecule has 1 saturated heterocycles. The number of rotatable bonds is 2. The van der Waals surface area contributed by atoms with Crippen molar-refractivity contribution in [3.05, 3.63) is 17.6 Å². The van der Waals surface area contributed by atoms with E-state index >= 15 is 0 Å². The van der Waals surface area contributed by atoms with Crippen LogP contribution in [0.15, 0.2) is 6.07 Å². The van der Waals surface area contributed by atoms with Gasteiger partial charge in [-0.15, -0.1) is 0 Å². The summed E-state index contributed by atoms with van der Waals surface area (Å²) < 4.78 is 0. The van der Waals surface area contributed by atoms with Crippen LogP contribution in [0.2, 0.25) is 0 Å². The lowest BCUT2D eigenvalue weighted by Gasteiger charge is -2.31. The van der Waals surface area contributed by atoms with Crippen molar-refractivity contribution in [3.8, 4) is 0 Å². The van der Waals surface area contributed by atoms with Crippen LogP contribution in [0, 0.1) is 0 Å². The summed E-state index contributed by atoms with van der Waals surface area (Å²) in [4.78, 5) is 11.4. The van der Waals surface area contributed by atoms with Gasteiger partial charge in [-0.2, -0.15) is 11.8 Å². The zero-order valence-electron chi connectivity index (χ0n) is 10.7. The summed E-state index contributed by atoms with van der Waals surface area (Å²) in [5.41, 5.74) is 6.91. The van der Waals surface area contributed by atoms with E-state index < -0.39 is 0 Å². The molecular formula is C12H20N4S. The van der Waals surface area contributed by atoms with Crippen molar-refractivity contribution in [1.82, 2.24) is 14.9 Å². The largest absolute Gasteiger partial charge is 0.384 e. The Morgan fingerprint density at radius 1 is 1.47 bits per heavy atom. The van der Waals surface area contributed by atoms with Gasteiger partial charge in [-0.05, 0) is 13.0 Å². The zero-order chi connectivity index (χ0) is 12.4. The van der Waals surface area contributed by atoms with Crippen LogP contribution >= 0.6 is 11.8 Å². The molecule has 4 nitrogen and oxygen atoms in total. The number of nitrogens with zero attached hydrogens (tertiary/aromatic N) is 3. The van der Waals surface area contributed by atoms with Gasteiger partial charge >= 0.3 is 0 Å². The maximum Gasteiger partial charge on any atom is 0.148 e. The van der Waals surface area contributed by atoms with Crippen LogP contribution in [0.3, 0.4) is 0 Å². The van der Waals surface area contributed by atoms with Crippen molar-refractivity contribution in [2.45, 2.75) is 25.8 Å². The predicted molar refractivity (Wildman–Crippen MR) is 73.2 cm³/mol. The van der Waals surface area contributed by atoms with Gasteiger partial charge < -0.3 is 5.73 Å². The fraction of sp³-hybridized carbons (Fsp3) is 0.667. The maximum atomic E-state index is 5.87. The fourth-order valence-corrected chi connectivity index (χ4v) is 3.12. The standard InChI is InChI=1S/C12H20N4S/c1-8(2)9-6-11(13)15-12(14-9)10-7-17-5-4-16(10)3/h6,8,10H,4-5,7H2,1-3H3,(H2,13,14,15). The molecule has 1 atom stereocenters. The van der Waals surface area contributed by atoms with Crippen LogP contribution in [-0.2, 0) is 0 Å². The lowest BCUT2D eigenvalue weighted by atomic mass is 10.1. The van der Waals surface area contributed by atoms with Crippen molar-refractivity contribution in [1.29, 1.82) is 0 Å². The summed E-state index contributed by atoms with van der Waals surface area (Å²) in [6, 6.07) is 2.18. The number of nitrogens with two attached hydrogens (primary N) is 1. The van der Waals surface area contributed by atoms with Gasteiger partial charge in [0.2, 0.25) is 0 Å². The zero-order valence-corrected chi connectivity index (χ0v) is 11.5. The minimum Gasteiger partial charge on any atom is -0.384 e. The third-order valence-electron chi connectivity index (χ3n) is 3.07. The molecule has 0 aliphatic carbocycles. The molecule has 2 N–H and O–H groups in total. The summed E-state index contributed by atoms with van der Waals surface area (Å²) in [5, 5.41) is 0. The van der Waals surface area contributed by atoms with Crippen LogP contribution in [0.25, 0.3) is 0 Å². The Hall–Kier alpha value is -0.810. The number of nitrogen functional groups attached to an aromatic ring is 1. The highest BCUT2D eigenvalue weighted by Gasteiger charge is 2.24. The van der Waals surface area contributed by atoms with Crippen LogP contribution in [-0.4, -0.2) is 40.0 Å². The Morgan fingerprint density at radius 2 is 2.24 bits per heavy atom. The van der Waals surface area contributed by atoms with E-state index in [0.29, 0.717) is 17.8 Å². The molecule has 2 rings (SSSR count). The van der Waals surface area contributed by atoms with Crippen LogP contribution < -0.4 is 5.73 Å². The van der Waals surface area contributed by atoms with Gasteiger partial charge in [0.1, 0.15) is 11.6 Å². The van der Waals surface area contributed by atoms with Crippen LogP contribution in [0.5, 0.6) is 0 Å². The lowest BCUT2D eigenvalue weighted by molar-refractivity contribution is 0.264. The average Bonchev–Trinajstić information content (AvgIpc) is 2.28. The summed E-state index contributed by atoms with van der Waals surface area (Å²) in [6.45, 7) is 5.35. The minimum atomic E-state index is 0.301. The second-order valence-corrected chi connectivity index (χ2v) is 5.95. The first-order chi connectivity index (χ1) is 8.08. The minimum absolute atomic E-state index is 0.301. The topological polar surface area (TPSA) is 55.0 Å². The van der Waals surface area contributed by atoms with E-state index in [0.717, 1.165) is 23.8 Å². The molecule has 0 amide bonds. The molecule has 0 radical (unpaired) electrons. The van der Waals surface area contributed by atoms with E-state index in [1.54, 1.807) is 0 Å². The molecule has 2 heterocycles. The maximum absolute atomic E-state index is 5.87. The molecule has 0 spiro atoms. The molecular weight excluding hydrogens is 232 g/mol. The molecule has 0 aromatic carbocycles. The van der Waals surface area contributed by atoms with E-state index in [1.165, 1.54) is 5.75 Å². The Labute approximate surface area is 107 Å².